The second-order valence-electron chi connectivity index (χ2n) is 17.9. The van der Waals surface area contributed by atoms with Crippen LogP contribution in [0.2, 0.25) is 0 Å². The summed E-state index contributed by atoms with van der Waals surface area (Å²) in [5.41, 5.74) is 12.8. The van der Waals surface area contributed by atoms with Crippen molar-refractivity contribution in [3.8, 4) is 28.2 Å². The van der Waals surface area contributed by atoms with E-state index in [1.54, 1.807) is 0 Å². The molecule has 6 heteroatoms. The van der Waals surface area contributed by atoms with E-state index in [-0.39, 0.29) is 0 Å². The van der Waals surface area contributed by atoms with Gasteiger partial charge < -0.3 is 9.13 Å². The molecule has 320 valence electrons. The van der Waals surface area contributed by atoms with Gasteiger partial charge >= 0.3 is 0 Å². The molecular weight excluding hydrogens is 861 g/mol. The molecule has 0 N–H and O–H groups in total. The third-order valence-corrected chi connectivity index (χ3v) is 20.1. The van der Waals surface area contributed by atoms with Gasteiger partial charge in [0.05, 0.1) is 44.5 Å². The standard InChI is InChI=1S/C62H42N4SSi/c1-3-19-46(20-4-1)68(47-21-5-2-6-22-47,48-23-15-17-42(37-48)43-33-35-59-54(38-43)63-62-41-67-61-32-14-13-31-60(61)66(59)62)49-24-16-18-44(39-49)64-57-30-12-9-27-52(57)53-40-45(34-36-58(53)64)65-55-28-10-7-25-50(55)51-26-8-11-29-56(51)65/h1-40H,41H2. The van der Waals surface area contributed by atoms with Crippen molar-refractivity contribution >= 4 is 95.2 Å². The molecule has 10 aromatic carbocycles. The van der Waals surface area contributed by atoms with Gasteiger partial charge in [-0.2, -0.15) is 0 Å². The first-order chi connectivity index (χ1) is 33.7. The van der Waals surface area contributed by atoms with Crippen LogP contribution >= 0.6 is 11.8 Å². The highest BCUT2D eigenvalue weighted by molar-refractivity contribution is 7.98. The Morgan fingerprint density at radius 1 is 0.353 bits per heavy atom. The molecule has 0 fully saturated rings. The van der Waals surface area contributed by atoms with Crippen LogP contribution in [0.15, 0.2) is 248 Å². The highest BCUT2D eigenvalue weighted by atomic mass is 32.2. The number of hydrogen-bond acceptors (Lipinski definition) is 2. The van der Waals surface area contributed by atoms with Crippen molar-refractivity contribution in [3.05, 3.63) is 248 Å². The number of nitrogens with zero attached hydrogens (tertiary/aromatic N) is 4. The van der Waals surface area contributed by atoms with Crippen LogP contribution in [0.3, 0.4) is 0 Å². The Morgan fingerprint density at radius 2 is 0.868 bits per heavy atom. The minimum absolute atomic E-state index is 0.857. The third kappa shape index (κ3) is 5.84. The smallest absolute Gasteiger partial charge is 0.179 e. The van der Waals surface area contributed by atoms with Gasteiger partial charge in [-0.1, -0.05) is 170 Å². The monoisotopic (exact) mass is 902 g/mol. The lowest BCUT2D eigenvalue weighted by atomic mass is 10.1. The summed E-state index contributed by atoms with van der Waals surface area (Å²) in [6.45, 7) is 0. The van der Waals surface area contributed by atoms with E-state index in [0.29, 0.717) is 0 Å². The molecule has 13 aromatic rings. The zero-order chi connectivity index (χ0) is 44.8. The van der Waals surface area contributed by atoms with Crippen LogP contribution in [0.4, 0.5) is 0 Å². The summed E-state index contributed by atoms with van der Waals surface area (Å²) in [4.78, 5) is 6.52. The molecule has 0 bridgehead atoms. The minimum Gasteiger partial charge on any atom is -0.309 e. The summed E-state index contributed by atoms with van der Waals surface area (Å²) in [5, 5.41) is 10.3. The van der Waals surface area contributed by atoms with Gasteiger partial charge in [0, 0.05) is 37.8 Å². The second-order valence-corrected chi connectivity index (χ2v) is 22.7. The summed E-state index contributed by atoms with van der Waals surface area (Å²) in [5.74, 6) is 1.96. The first-order valence-electron chi connectivity index (χ1n) is 23.3. The van der Waals surface area contributed by atoms with Crippen LogP contribution in [-0.2, 0) is 5.75 Å². The second kappa shape index (κ2) is 15.5. The van der Waals surface area contributed by atoms with Crippen LogP contribution in [-0.4, -0.2) is 26.8 Å². The highest BCUT2D eigenvalue weighted by Crippen LogP contribution is 2.39. The summed E-state index contributed by atoms with van der Waals surface area (Å²) in [6, 6.07) is 90.3. The van der Waals surface area contributed by atoms with E-state index < -0.39 is 8.07 Å². The van der Waals surface area contributed by atoms with Crippen LogP contribution in [0.5, 0.6) is 0 Å². The van der Waals surface area contributed by atoms with Gasteiger partial charge in [0.2, 0.25) is 0 Å². The van der Waals surface area contributed by atoms with E-state index in [9.17, 15) is 0 Å². The average molecular weight is 903 g/mol. The molecule has 3 aromatic heterocycles. The molecule has 0 saturated heterocycles. The lowest BCUT2D eigenvalue weighted by Crippen LogP contribution is -2.74. The van der Waals surface area contributed by atoms with E-state index in [4.69, 9.17) is 4.98 Å². The lowest BCUT2D eigenvalue weighted by Gasteiger charge is -2.35. The zero-order valence-electron chi connectivity index (χ0n) is 37.0. The topological polar surface area (TPSA) is 27.7 Å². The first-order valence-corrected chi connectivity index (χ1v) is 26.3. The Morgan fingerprint density at radius 3 is 1.56 bits per heavy atom. The molecule has 0 unspecified atom stereocenters. The Labute approximate surface area is 399 Å². The lowest BCUT2D eigenvalue weighted by molar-refractivity contribution is 0.945. The van der Waals surface area contributed by atoms with Gasteiger partial charge in [-0.05, 0) is 105 Å². The third-order valence-electron chi connectivity index (χ3n) is 14.3. The van der Waals surface area contributed by atoms with Crippen molar-refractivity contribution in [1.82, 2.24) is 18.7 Å². The summed E-state index contributed by atoms with van der Waals surface area (Å²) < 4.78 is 7.24. The molecule has 4 nitrogen and oxygen atoms in total. The Hall–Kier alpha value is -8.16. The van der Waals surface area contributed by atoms with Crippen molar-refractivity contribution in [1.29, 1.82) is 0 Å². The summed E-state index contributed by atoms with van der Waals surface area (Å²) in [6.07, 6.45) is 0. The van der Waals surface area contributed by atoms with E-state index in [2.05, 4.69) is 256 Å². The van der Waals surface area contributed by atoms with Gasteiger partial charge in [-0.3, -0.25) is 4.57 Å². The molecule has 0 saturated carbocycles. The van der Waals surface area contributed by atoms with Crippen LogP contribution in [0.1, 0.15) is 5.82 Å². The number of para-hydroxylation sites is 4. The molecule has 0 aliphatic carbocycles. The number of imidazole rings is 1. The fraction of sp³-hybridized carbons (Fsp3) is 0.0161. The molecule has 0 atom stereocenters. The molecule has 1 aliphatic heterocycles. The fourth-order valence-electron chi connectivity index (χ4n) is 11.3. The Bertz CT molecular complexity index is 4020. The minimum atomic E-state index is -2.98. The van der Waals surface area contributed by atoms with Crippen LogP contribution < -0.4 is 20.7 Å². The molecule has 14 rings (SSSR count). The van der Waals surface area contributed by atoms with Crippen molar-refractivity contribution in [2.24, 2.45) is 0 Å². The molecule has 0 spiro atoms. The Kier molecular flexibility index (Phi) is 8.88. The number of hydrogen-bond donors (Lipinski definition) is 0. The molecule has 4 heterocycles. The maximum Gasteiger partial charge on any atom is 0.179 e. The summed E-state index contributed by atoms with van der Waals surface area (Å²) in [7, 11) is -2.98. The van der Waals surface area contributed by atoms with Gasteiger partial charge in [-0.15, -0.1) is 11.8 Å². The first kappa shape index (κ1) is 39.0. The van der Waals surface area contributed by atoms with Crippen molar-refractivity contribution in [3.63, 3.8) is 0 Å². The van der Waals surface area contributed by atoms with E-state index >= 15 is 0 Å². The maximum atomic E-state index is 5.22. The number of rotatable bonds is 7. The molecule has 0 amide bonds. The van der Waals surface area contributed by atoms with Crippen molar-refractivity contribution in [2.45, 2.75) is 10.6 Å². The number of fused-ring (bicyclic) bond motifs is 11. The van der Waals surface area contributed by atoms with Gasteiger partial charge in [-0.25, -0.2) is 4.98 Å². The van der Waals surface area contributed by atoms with Gasteiger partial charge in [0.25, 0.3) is 0 Å². The summed E-state index contributed by atoms with van der Waals surface area (Å²) >= 11 is 1.87. The molecule has 1 aliphatic rings. The highest BCUT2D eigenvalue weighted by Gasteiger charge is 2.42. The largest absolute Gasteiger partial charge is 0.309 e. The van der Waals surface area contributed by atoms with Gasteiger partial charge in [0.15, 0.2) is 8.07 Å². The van der Waals surface area contributed by atoms with Crippen molar-refractivity contribution < 1.29 is 0 Å². The predicted molar refractivity (Wildman–Crippen MR) is 288 cm³/mol. The molecule has 0 radical (unpaired) electrons. The zero-order valence-corrected chi connectivity index (χ0v) is 38.8. The Balaban J connectivity index is 0.958. The van der Waals surface area contributed by atoms with E-state index in [1.807, 2.05) is 11.8 Å². The van der Waals surface area contributed by atoms with Gasteiger partial charge in [0.1, 0.15) is 5.82 Å². The number of thioether (sulfide) groups is 1. The molecular formula is C62H42N4SSi. The predicted octanol–water partition coefficient (Wildman–Crippen LogP) is 12.9. The fourth-order valence-corrected chi connectivity index (χ4v) is 17.1. The quantitative estimate of drug-likeness (QED) is 0.118. The van der Waals surface area contributed by atoms with E-state index in [0.717, 1.165) is 34.0 Å². The maximum absolute atomic E-state index is 5.22. The van der Waals surface area contributed by atoms with Crippen LogP contribution in [0, 0.1) is 0 Å². The number of benzene rings is 10. The SMILES string of the molecule is c1ccc([Si](c2ccccc2)(c2cccc(-c3ccc4c(c3)nc3n4-c4ccccc4SC3)c2)c2cccc(-n3c4ccccc4c4cc(-n5c6ccccc6c6ccccc65)ccc43)c2)cc1. The normalized spacial score (nSPS) is 12.6. The van der Waals surface area contributed by atoms with Crippen molar-refractivity contribution in [2.75, 3.05) is 0 Å². The van der Waals surface area contributed by atoms with E-state index in [1.165, 1.54) is 86.1 Å². The average Bonchev–Trinajstić information content (AvgIpc) is 4.07. The van der Waals surface area contributed by atoms with Crippen LogP contribution in [0.25, 0.3) is 82.8 Å². The number of aromatic nitrogens is 4. The molecule has 68 heavy (non-hydrogen) atoms.